The SMILES string of the molecule is CCCCC(CC)C(NC)C1CCCC(S(C)(=O)=O)C1. The predicted octanol–water partition coefficient (Wildman–Crippen LogP) is 3.39. The number of unbranched alkanes of at least 4 members (excludes halogenated alkanes) is 1. The summed E-state index contributed by atoms with van der Waals surface area (Å²) in [5, 5.41) is 3.40. The summed E-state index contributed by atoms with van der Waals surface area (Å²) in [5.74, 6) is 1.21. The molecular weight excluding hydrogens is 270 g/mol. The van der Waals surface area contributed by atoms with Crippen LogP contribution in [0.5, 0.6) is 0 Å². The van der Waals surface area contributed by atoms with Gasteiger partial charge in [-0.15, -0.1) is 0 Å². The van der Waals surface area contributed by atoms with Crippen LogP contribution in [0.1, 0.15) is 65.2 Å². The second kappa shape index (κ2) is 8.38. The van der Waals surface area contributed by atoms with E-state index in [1.54, 1.807) is 0 Å². The Morgan fingerprint density at radius 2 is 1.95 bits per heavy atom. The van der Waals surface area contributed by atoms with Crippen molar-refractivity contribution in [3.63, 3.8) is 0 Å². The highest BCUT2D eigenvalue weighted by Gasteiger charge is 2.34. The monoisotopic (exact) mass is 303 g/mol. The van der Waals surface area contributed by atoms with Gasteiger partial charge in [-0.3, -0.25) is 0 Å². The van der Waals surface area contributed by atoms with Crippen LogP contribution in [0.2, 0.25) is 0 Å². The van der Waals surface area contributed by atoms with E-state index in [9.17, 15) is 8.42 Å². The molecule has 20 heavy (non-hydrogen) atoms. The fraction of sp³-hybridized carbons (Fsp3) is 1.00. The molecule has 0 spiro atoms. The van der Waals surface area contributed by atoms with E-state index < -0.39 is 9.84 Å². The highest BCUT2D eigenvalue weighted by Crippen LogP contribution is 2.34. The van der Waals surface area contributed by atoms with E-state index >= 15 is 0 Å². The fourth-order valence-corrected chi connectivity index (χ4v) is 5.05. The smallest absolute Gasteiger partial charge is 0.150 e. The van der Waals surface area contributed by atoms with Crippen LogP contribution in [0.15, 0.2) is 0 Å². The molecule has 120 valence electrons. The molecule has 0 saturated heterocycles. The van der Waals surface area contributed by atoms with Crippen molar-refractivity contribution in [1.82, 2.24) is 5.32 Å². The molecule has 1 rings (SSSR count). The van der Waals surface area contributed by atoms with Gasteiger partial charge in [-0.2, -0.15) is 0 Å². The lowest BCUT2D eigenvalue weighted by molar-refractivity contribution is 0.201. The van der Waals surface area contributed by atoms with Gasteiger partial charge in [0, 0.05) is 12.3 Å². The lowest BCUT2D eigenvalue weighted by atomic mass is 9.76. The van der Waals surface area contributed by atoms with Gasteiger partial charge in [-0.05, 0) is 44.6 Å². The summed E-state index contributed by atoms with van der Waals surface area (Å²) in [6.07, 6.45) is 10.3. The molecule has 1 aliphatic rings. The van der Waals surface area contributed by atoms with E-state index in [0.717, 1.165) is 19.3 Å². The van der Waals surface area contributed by atoms with Crippen LogP contribution in [0, 0.1) is 11.8 Å². The van der Waals surface area contributed by atoms with Crippen molar-refractivity contribution < 1.29 is 8.42 Å². The molecule has 0 aromatic rings. The van der Waals surface area contributed by atoms with Gasteiger partial charge in [0.15, 0.2) is 0 Å². The van der Waals surface area contributed by atoms with Crippen molar-refractivity contribution in [3.05, 3.63) is 0 Å². The third-order valence-electron chi connectivity index (χ3n) is 5.07. The number of rotatable bonds is 8. The number of sulfone groups is 1. The molecule has 0 aliphatic heterocycles. The van der Waals surface area contributed by atoms with Crippen LogP contribution in [-0.2, 0) is 9.84 Å². The fourth-order valence-electron chi connectivity index (χ4n) is 3.86. The van der Waals surface area contributed by atoms with E-state index in [2.05, 4.69) is 19.2 Å². The van der Waals surface area contributed by atoms with E-state index in [4.69, 9.17) is 0 Å². The van der Waals surface area contributed by atoms with Crippen LogP contribution < -0.4 is 5.32 Å². The largest absolute Gasteiger partial charge is 0.316 e. The molecule has 0 radical (unpaired) electrons. The average Bonchev–Trinajstić information content (AvgIpc) is 2.42. The standard InChI is InChI=1S/C16H33NO2S/c1-5-7-9-13(6-2)16(17-3)14-10-8-11-15(12-14)20(4,18)19/h13-17H,5-12H2,1-4H3. The number of nitrogens with one attached hydrogen (secondary N) is 1. The Morgan fingerprint density at radius 1 is 1.25 bits per heavy atom. The van der Waals surface area contributed by atoms with Crippen molar-refractivity contribution >= 4 is 9.84 Å². The van der Waals surface area contributed by atoms with Crippen molar-refractivity contribution in [2.24, 2.45) is 11.8 Å². The van der Waals surface area contributed by atoms with Crippen LogP contribution in [0.4, 0.5) is 0 Å². The summed E-state index contributed by atoms with van der Waals surface area (Å²) in [7, 11) is -0.833. The molecule has 4 unspecified atom stereocenters. The topological polar surface area (TPSA) is 46.2 Å². The summed E-state index contributed by atoms with van der Waals surface area (Å²) >= 11 is 0. The van der Waals surface area contributed by atoms with E-state index in [0.29, 0.717) is 17.9 Å². The van der Waals surface area contributed by atoms with Gasteiger partial charge in [-0.1, -0.05) is 39.5 Å². The number of hydrogen-bond acceptors (Lipinski definition) is 3. The van der Waals surface area contributed by atoms with Crippen LogP contribution in [-0.4, -0.2) is 33.0 Å². The molecule has 1 saturated carbocycles. The highest BCUT2D eigenvalue weighted by atomic mass is 32.2. The van der Waals surface area contributed by atoms with E-state index in [-0.39, 0.29) is 5.25 Å². The first-order valence-corrected chi connectivity index (χ1v) is 10.3. The maximum Gasteiger partial charge on any atom is 0.150 e. The van der Waals surface area contributed by atoms with Crippen molar-refractivity contribution in [1.29, 1.82) is 0 Å². The lowest BCUT2D eigenvalue weighted by Gasteiger charge is -2.38. The summed E-state index contributed by atoms with van der Waals surface area (Å²) in [6, 6.07) is 0.482. The van der Waals surface area contributed by atoms with E-state index in [1.807, 2.05) is 7.05 Å². The summed E-state index contributed by atoms with van der Waals surface area (Å²) in [4.78, 5) is 0. The van der Waals surface area contributed by atoms with Crippen LogP contribution >= 0.6 is 0 Å². The molecule has 4 atom stereocenters. The molecule has 3 nitrogen and oxygen atoms in total. The van der Waals surface area contributed by atoms with Gasteiger partial charge in [-0.25, -0.2) is 8.42 Å². The first-order valence-electron chi connectivity index (χ1n) is 8.30. The highest BCUT2D eigenvalue weighted by molar-refractivity contribution is 7.91. The third kappa shape index (κ3) is 5.03. The summed E-state index contributed by atoms with van der Waals surface area (Å²) in [6.45, 7) is 4.50. The Labute approximate surface area is 125 Å². The molecule has 1 N–H and O–H groups in total. The Kier molecular flexibility index (Phi) is 7.52. The molecule has 1 aliphatic carbocycles. The average molecular weight is 304 g/mol. The van der Waals surface area contributed by atoms with Gasteiger partial charge < -0.3 is 5.32 Å². The first kappa shape index (κ1) is 18.0. The van der Waals surface area contributed by atoms with E-state index in [1.165, 1.54) is 38.4 Å². The zero-order valence-electron chi connectivity index (χ0n) is 13.7. The minimum atomic E-state index is -2.88. The van der Waals surface area contributed by atoms with Crippen LogP contribution in [0.25, 0.3) is 0 Å². The maximum absolute atomic E-state index is 11.8. The normalized spacial score (nSPS) is 27.2. The quantitative estimate of drug-likeness (QED) is 0.747. The Bertz CT molecular complexity index is 367. The van der Waals surface area contributed by atoms with Gasteiger partial charge in [0.25, 0.3) is 0 Å². The van der Waals surface area contributed by atoms with Crippen molar-refractivity contribution in [2.75, 3.05) is 13.3 Å². The van der Waals surface area contributed by atoms with Gasteiger partial charge in [0.1, 0.15) is 9.84 Å². The zero-order valence-corrected chi connectivity index (χ0v) is 14.5. The minimum absolute atomic E-state index is 0.110. The first-order chi connectivity index (χ1) is 9.43. The Morgan fingerprint density at radius 3 is 2.45 bits per heavy atom. The summed E-state index contributed by atoms with van der Waals surface area (Å²) in [5.41, 5.74) is 0. The third-order valence-corrected chi connectivity index (χ3v) is 6.71. The number of hydrogen-bond donors (Lipinski definition) is 1. The summed E-state index contributed by atoms with van der Waals surface area (Å²) < 4.78 is 23.7. The molecule has 0 aromatic carbocycles. The van der Waals surface area contributed by atoms with Gasteiger partial charge in [0.2, 0.25) is 0 Å². The molecule has 0 amide bonds. The second-order valence-electron chi connectivity index (χ2n) is 6.50. The predicted molar refractivity (Wildman–Crippen MR) is 86.7 cm³/mol. The molecule has 1 fully saturated rings. The van der Waals surface area contributed by atoms with Gasteiger partial charge in [0.05, 0.1) is 5.25 Å². The van der Waals surface area contributed by atoms with Crippen molar-refractivity contribution in [3.8, 4) is 0 Å². The second-order valence-corrected chi connectivity index (χ2v) is 8.83. The molecule has 0 heterocycles. The van der Waals surface area contributed by atoms with Crippen molar-refractivity contribution in [2.45, 2.75) is 76.5 Å². The zero-order chi connectivity index (χ0) is 15.2. The molecule has 0 aromatic heterocycles. The van der Waals surface area contributed by atoms with Gasteiger partial charge >= 0.3 is 0 Å². The van der Waals surface area contributed by atoms with Crippen LogP contribution in [0.3, 0.4) is 0 Å². The Hall–Kier alpha value is -0.0900. The molecule has 4 heteroatoms. The maximum atomic E-state index is 11.8. The molecular formula is C16H33NO2S. The molecule has 0 bridgehead atoms. The minimum Gasteiger partial charge on any atom is -0.316 e. The lowest BCUT2D eigenvalue weighted by Crippen LogP contribution is -2.44. The Balaban J connectivity index is 2.72.